The number of rotatable bonds is 0. The molecule has 0 aliphatic heterocycles. The number of imide groups is 1. The summed E-state index contributed by atoms with van der Waals surface area (Å²) in [6.45, 7) is 0. The Morgan fingerprint density at radius 2 is 1.31 bits per heavy atom. The third-order valence-electron chi connectivity index (χ3n) is 0.911. The van der Waals surface area contributed by atoms with Crippen LogP contribution < -0.4 is 28.1 Å². The van der Waals surface area contributed by atoms with Crippen molar-refractivity contribution in [3.63, 3.8) is 0 Å². The number of carbonyl (C=O) groups excluding carboxylic acids is 1. The van der Waals surface area contributed by atoms with Crippen molar-refractivity contribution >= 4 is 12.1 Å². The molecule has 11 nitrogen and oxygen atoms in total. The van der Waals surface area contributed by atoms with E-state index in [2.05, 4.69) is 5.73 Å². The molecule has 0 aliphatic rings. The first-order valence-electron chi connectivity index (χ1n) is 3.53. The van der Waals surface area contributed by atoms with Gasteiger partial charge in [0.05, 0.1) is 0 Å². The van der Waals surface area contributed by atoms with Crippen LogP contribution >= 0.6 is 0 Å². The van der Waals surface area contributed by atoms with Crippen molar-refractivity contribution in [2.24, 2.45) is 5.73 Å². The Bertz CT molecular complexity index is 446. The summed E-state index contributed by atoms with van der Waals surface area (Å²) in [4.78, 5) is 54.8. The lowest BCUT2D eigenvalue weighted by Crippen LogP contribution is -2.34. The lowest BCUT2D eigenvalue weighted by molar-refractivity contribution is 0.193. The van der Waals surface area contributed by atoms with Crippen molar-refractivity contribution in [3.05, 3.63) is 31.5 Å². The molecule has 7 N–H and O–H groups in total. The van der Waals surface area contributed by atoms with E-state index in [0.29, 0.717) is 0 Å². The van der Waals surface area contributed by atoms with Crippen LogP contribution in [0.3, 0.4) is 0 Å². The molecule has 1 aromatic rings. The number of carboxylic acid groups (broad SMARTS) is 1. The molecule has 0 aliphatic carbocycles. The molecule has 0 atom stereocenters. The first-order valence-corrected chi connectivity index (χ1v) is 3.53. The molecule has 0 radical (unpaired) electrons. The molecule has 16 heavy (non-hydrogen) atoms. The molecule has 1 heterocycles. The second kappa shape index (κ2) is 5.79. The van der Waals surface area contributed by atoms with Crippen LogP contribution in [0.25, 0.3) is 0 Å². The zero-order chi connectivity index (χ0) is 12.7. The van der Waals surface area contributed by atoms with E-state index in [-0.39, 0.29) is 0 Å². The monoisotopic (exact) mass is 233 g/mol. The third kappa shape index (κ3) is 6.64. The number of H-pyrrole nitrogens is 3. The van der Waals surface area contributed by atoms with Gasteiger partial charge in [0, 0.05) is 0 Å². The van der Waals surface area contributed by atoms with E-state index in [9.17, 15) is 24.0 Å². The molecule has 0 aromatic carbocycles. The Morgan fingerprint density at radius 1 is 1.00 bits per heavy atom. The van der Waals surface area contributed by atoms with Crippen LogP contribution in [0.5, 0.6) is 0 Å². The van der Waals surface area contributed by atoms with Gasteiger partial charge in [-0.2, -0.15) is 0 Å². The highest BCUT2D eigenvalue weighted by Crippen LogP contribution is 1.55. The standard InChI is InChI=1S/C3H3N3O3.C2H4N2O3/c7-1-4-2(8)6-3(9)5-1;3-1(5)4-2(6)7/h(H3,4,5,6,7,8,9);(H,6,7)(H3,3,4,5). The summed E-state index contributed by atoms with van der Waals surface area (Å²) in [5.41, 5.74) is 1.96. The van der Waals surface area contributed by atoms with Gasteiger partial charge in [-0.05, 0) is 0 Å². The number of primary amides is 1. The summed E-state index contributed by atoms with van der Waals surface area (Å²) in [6, 6.07) is -1.06. The maximum atomic E-state index is 10.2. The number of nitrogens with two attached hydrogens (primary N) is 1. The minimum atomic E-state index is -1.44. The van der Waals surface area contributed by atoms with Crippen molar-refractivity contribution in [2.45, 2.75) is 0 Å². The zero-order valence-electron chi connectivity index (χ0n) is 7.57. The lowest BCUT2D eigenvalue weighted by Gasteiger charge is -1.86. The average molecular weight is 233 g/mol. The number of hydrogen-bond acceptors (Lipinski definition) is 5. The molecule has 3 amide bonds. The largest absolute Gasteiger partial charge is 0.465 e. The maximum Gasteiger partial charge on any atom is 0.412 e. The molecule has 1 rings (SSSR count). The van der Waals surface area contributed by atoms with Crippen LogP contribution in [0.4, 0.5) is 9.59 Å². The van der Waals surface area contributed by atoms with E-state index in [1.807, 2.05) is 0 Å². The molecule has 0 saturated carbocycles. The number of carbonyl (C=O) groups is 2. The average Bonchev–Trinajstić information content (AvgIpc) is 1.97. The molecule has 0 spiro atoms. The van der Waals surface area contributed by atoms with Gasteiger partial charge in [-0.3, -0.25) is 15.0 Å². The molecule has 0 fully saturated rings. The fourth-order valence-corrected chi connectivity index (χ4v) is 0.508. The van der Waals surface area contributed by atoms with Crippen LogP contribution in [0.1, 0.15) is 0 Å². The van der Waals surface area contributed by atoms with E-state index in [0.717, 1.165) is 0 Å². The molecule has 11 heteroatoms. The topological polar surface area (TPSA) is 191 Å². The summed E-state index contributed by atoms with van der Waals surface area (Å²) in [5.74, 6) is 0. The van der Waals surface area contributed by atoms with E-state index >= 15 is 0 Å². The van der Waals surface area contributed by atoms with Crippen LogP contribution in [0, 0.1) is 0 Å². The second-order valence-corrected chi connectivity index (χ2v) is 2.16. The Morgan fingerprint density at radius 3 is 1.44 bits per heavy atom. The van der Waals surface area contributed by atoms with E-state index in [4.69, 9.17) is 5.11 Å². The van der Waals surface area contributed by atoms with Crippen LogP contribution in [0.15, 0.2) is 14.4 Å². The Kier molecular flexibility index (Phi) is 4.76. The molecular formula is C5H7N5O6. The fraction of sp³-hybridized carbons (Fsp3) is 0. The third-order valence-corrected chi connectivity index (χ3v) is 0.911. The van der Waals surface area contributed by atoms with Gasteiger partial charge in [-0.15, -0.1) is 0 Å². The van der Waals surface area contributed by atoms with E-state index in [1.54, 1.807) is 15.0 Å². The number of hydrogen-bond donors (Lipinski definition) is 6. The number of nitrogens with one attached hydrogen (secondary N) is 4. The highest BCUT2D eigenvalue weighted by molar-refractivity contribution is 5.88. The van der Waals surface area contributed by atoms with Gasteiger partial charge in [0.25, 0.3) is 0 Å². The van der Waals surface area contributed by atoms with Gasteiger partial charge in [0.2, 0.25) is 0 Å². The van der Waals surface area contributed by atoms with E-state index in [1.165, 1.54) is 5.32 Å². The summed E-state index contributed by atoms with van der Waals surface area (Å²) in [6.07, 6.45) is -1.44. The first kappa shape index (κ1) is 13.1. The zero-order valence-corrected chi connectivity index (χ0v) is 7.57. The second-order valence-electron chi connectivity index (χ2n) is 2.16. The fourth-order valence-electron chi connectivity index (χ4n) is 0.508. The number of aromatic amines is 3. The van der Waals surface area contributed by atoms with Crippen molar-refractivity contribution in [3.8, 4) is 0 Å². The molecule has 0 saturated heterocycles. The number of aromatic nitrogens is 3. The maximum absolute atomic E-state index is 10.2. The van der Waals surface area contributed by atoms with Gasteiger partial charge < -0.3 is 10.8 Å². The van der Waals surface area contributed by atoms with Crippen molar-refractivity contribution in [1.82, 2.24) is 20.3 Å². The predicted molar refractivity (Wildman–Crippen MR) is 49.0 cm³/mol. The summed E-state index contributed by atoms with van der Waals surface area (Å²) in [7, 11) is 0. The highest BCUT2D eigenvalue weighted by atomic mass is 16.4. The van der Waals surface area contributed by atoms with Gasteiger partial charge in [-0.1, -0.05) is 0 Å². The van der Waals surface area contributed by atoms with Crippen molar-refractivity contribution in [1.29, 1.82) is 0 Å². The predicted octanol–water partition coefficient (Wildman–Crippen LogP) is -2.92. The summed E-state index contributed by atoms with van der Waals surface area (Å²) >= 11 is 0. The van der Waals surface area contributed by atoms with Gasteiger partial charge >= 0.3 is 29.2 Å². The van der Waals surface area contributed by atoms with Crippen molar-refractivity contribution in [2.75, 3.05) is 0 Å². The minimum absolute atomic E-state index is 0.802. The molecule has 88 valence electrons. The van der Waals surface area contributed by atoms with Crippen LogP contribution in [-0.2, 0) is 0 Å². The van der Waals surface area contributed by atoms with Gasteiger partial charge in [-0.25, -0.2) is 29.3 Å². The smallest absolute Gasteiger partial charge is 0.412 e. The number of urea groups is 1. The van der Waals surface area contributed by atoms with Gasteiger partial charge in [0.15, 0.2) is 0 Å². The minimum Gasteiger partial charge on any atom is -0.465 e. The SMILES string of the molecule is NC(=O)NC(=O)O.O=c1[nH]c(=O)[nH]c(=O)[nH]1. The first-order chi connectivity index (χ1) is 7.31. The number of amides is 3. The van der Waals surface area contributed by atoms with Gasteiger partial charge in [0.1, 0.15) is 0 Å². The van der Waals surface area contributed by atoms with E-state index < -0.39 is 29.2 Å². The molecule has 0 unspecified atom stereocenters. The summed E-state index contributed by atoms with van der Waals surface area (Å²) < 4.78 is 0. The molecule has 1 aromatic heterocycles. The van der Waals surface area contributed by atoms with Crippen LogP contribution in [-0.4, -0.2) is 32.2 Å². The Labute approximate surface area is 85.3 Å². The van der Waals surface area contributed by atoms with Crippen molar-refractivity contribution < 1.29 is 14.7 Å². The molecule has 0 bridgehead atoms. The van der Waals surface area contributed by atoms with Crippen LogP contribution in [0.2, 0.25) is 0 Å². The molecular weight excluding hydrogens is 226 g/mol. The highest BCUT2D eigenvalue weighted by Gasteiger charge is 1.94. The normalized spacial score (nSPS) is 8.50. The quantitative estimate of drug-likeness (QED) is 0.278. The Balaban J connectivity index is 0.000000293. The Hall–Kier alpha value is -2.85. The summed E-state index contributed by atoms with van der Waals surface area (Å²) in [5, 5.41) is 9.03. The lowest BCUT2D eigenvalue weighted by atomic mass is 11.0.